The average molecular weight is 397 g/mol. The average Bonchev–Trinajstić information content (AvgIpc) is 2.69. The maximum atomic E-state index is 12.5. The molecule has 0 saturated heterocycles. The molecule has 0 aliphatic carbocycles. The molecule has 0 bridgehead atoms. The summed E-state index contributed by atoms with van der Waals surface area (Å²) in [6.07, 6.45) is 1.50. The van der Waals surface area contributed by atoms with Crippen molar-refractivity contribution in [3.63, 3.8) is 0 Å². The smallest absolute Gasteiger partial charge is 0.262 e. The lowest BCUT2D eigenvalue weighted by Gasteiger charge is -2.20. The predicted molar refractivity (Wildman–Crippen MR) is 112 cm³/mol. The molecule has 2 rings (SSSR count). The number of phenols is 1. The summed E-state index contributed by atoms with van der Waals surface area (Å²) in [6.45, 7) is 7.27. The topological polar surface area (TPSA) is 100 Å². The number of carbonyl (C=O) groups excluding carboxylic acids is 2. The van der Waals surface area contributed by atoms with E-state index in [9.17, 15) is 14.7 Å². The molecule has 7 nitrogen and oxygen atoms in total. The molecule has 154 valence electrons. The fourth-order valence-electron chi connectivity index (χ4n) is 2.81. The van der Waals surface area contributed by atoms with Crippen molar-refractivity contribution >= 4 is 18.0 Å². The third-order valence-electron chi connectivity index (χ3n) is 4.49. The van der Waals surface area contributed by atoms with Crippen LogP contribution in [0.3, 0.4) is 0 Å². The number of hydrogen-bond donors (Lipinski definition) is 3. The van der Waals surface area contributed by atoms with E-state index in [1.807, 2.05) is 13.8 Å². The van der Waals surface area contributed by atoms with E-state index < -0.39 is 11.9 Å². The standard InChI is InChI=1S/C22H27N3O4/c1-13(2)19(24-21(27)17-6-8-18(29-5)9-7-17)22(28)25-23-12-16-10-14(3)20(26)15(4)11-16/h6-13,19,26H,1-5H3,(H,24,27)(H,25,28)/b23-12+. The third-order valence-corrected chi connectivity index (χ3v) is 4.49. The molecule has 0 spiro atoms. The van der Waals surface area contributed by atoms with Gasteiger partial charge in [0, 0.05) is 5.56 Å². The first-order valence-corrected chi connectivity index (χ1v) is 9.31. The highest BCUT2D eigenvalue weighted by Gasteiger charge is 2.24. The van der Waals surface area contributed by atoms with Gasteiger partial charge in [-0.2, -0.15) is 5.10 Å². The van der Waals surface area contributed by atoms with Gasteiger partial charge in [0.1, 0.15) is 17.5 Å². The minimum Gasteiger partial charge on any atom is -0.507 e. The molecular weight excluding hydrogens is 370 g/mol. The number of ether oxygens (including phenoxy) is 1. The van der Waals surface area contributed by atoms with Gasteiger partial charge in [0.25, 0.3) is 11.8 Å². The number of nitrogens with zero attached hydrogens (tertiary/aromatic N) is 1. The SMILES string of the molecule is COc1ccc(C(=O)NC(C(=O)N/N=C/c2cc(C)c(O)c(C)c2)C(C)C)cc1. The van der Waals surface area contributed by atoms with Crippen molar-refractivity contribution in [1.82, 2.24) is 10.7 Å². The molecule has 2 aromatic carbocycles. The second-order valence-corrected chi connectivity index (χ2v) is 7.16. The van der Waals surface area contributed by atoms with Crippen LogP contribution < -0.4 is 15.5 Å². The molecule has 1 unspecified atom stereocenters. The Morgan fingerprint density at radius 2 is 1.69 bits per heavy atom. The van der Waals surface area contributed by atoms with Gasteiger partial charge in [-0.3, -0.25) is 9.59 Å². The number of aromatic hydroxyl groups is 1. The van der Waals surface area contributed by atoms with E-state index in [0.717, 1.165) is 16.7 Å². The molecule has 1 atom stereocenters. The lowest BCUT2D eigenvalue weighted by molar-refractivity contribution is -0.123. The van der Waals surface area contributed by atoms with Crippen LogP contribution in [0, 0.1) is 19.8 Å². The number of amides is 2. The molecule has 0 radical (unpaired) electrons. The van der Waals surface area contributed by atoms with Gasteiger partial charge < -0.3 is 15.2 Å². The fourth-order valence-corrected chi connectivity index (χ4v) is 2.81. The summed E-state index contributed by atoms with van der Waals surface area (Å²) in [6, 6.07) is 9.43. The zero-order valence-electron chi connectivity index (χ0n) is 17.3. The summed E-state index contributed by atoms with van der Waals surface area (Å²) in [5.74, 6) is -0.00722. The second-order valence-electron chi connectivity index (χ2n) is 7.16. The maximum absolute atomic E-state index is 12.5. The third kappa shape index (κ3) is 5.81. The Bertz CT molecular complexity index is 882. The molecular formula is C22H27N3O4. The van der Waals surface area contributed by atoms with E-state index in [0.29, 0.717) is 11.3 Å². The molecule has 0 fully saturated rings. The minimum absolute atomic E-state index is 0.134. The number of phenolic OH excluding ortho intramolecular Hbond substituents is 1. The van der Waals surface area contributed by atoms with Gasteiger partial charge in [0.05, 0.1) is 13.3 Å². The van der Waals surface area contributed by atoms with E-state index in [4.69, 9.17) is 4.74 Å². The molecule has 0 aliphatic heterocycles. The van der Waals surface area contributed by atoms with Crippen LogP contribution in [-0.2, 0) is 4.79 Å². The first-order chi connectivity index (χ1) is 13.7. The van der Waals surface area contributed by atoms with Crippen LogP contribution in [0.15, 0.2) is 41.5 Å². The lowest BCUT2D eigenvalue weighted by atomic mass is 10.0. The molecule has 29 heavy (non-hydrogen) atoms. The number of hydrazone groups is 1. The van der Waals surface area contributed by atoms with Gasteiger partial charge in [0.15, 0.2) is 0 Å². The van der Waals surface area contributed by atoms with Gasteiger partial charge in [-0.05, 0) is 72.9 Å². The van der Waals surface area contributed by atoms with Crippen LogP contribution in [0.1, 0.15) is 40.9 Å². The normalized spacial score (nSPS) is 12.1. The summed E-state index contributed by atoms with van der Waals surface area (Å²) in [5, 5.41) is 16.6. The Labute approximate surface area is 170 Å². The minimum atomic E-state index is -0.745. The number of rotatable bonds is 7. The Hall–Kier alpha value is -3.35. The van der Waals surface area contributed by atoms with E-state index >= 15 is 0 Å². The van der Waals surface area contributed by atoms with E-state index in [-0.39, 0.29) is 17.6 Å². The Kier molecular flexibility index (Phi) is 7.36. The van der Waals surface area contributed by atoms with Crippen LogP contribution in [0.5, 0.6) is 11.5 Å². The van der Waals surface area contributed by atoms with Crippen molar-refractivity contribution in [1.29, 1.82) is 0 Å². The van der Waals surface area contributed by atoms with Gasteiger partial charge in [-0.15, -0.1) is 0 Å². The van der Waals surface area contributed by atoms with Gasteiger partial charge >= 0.3 is 0 Å². The van der Waals surface area contributed by atoms with Crippen LogP contribution >= 0.6 is 0 Å². The Morgan fingerprint density at radius 1 is 1.10 bits per heavy atom. The van der Waals surface area contributed by atoms with Gasteiger partial charge in [-0.25, -0.2) is 5.43 Å². The van der Waals surface area contributed by atoms with Crippen molar-refractivity contribution < 1.29 is 19.4 Å². The molecule has 0 heterocycles. The summed E-state index contributed by atoms with van der Waals surface area (Å²) in [5.41, 5.74) is 5.11. The Morgan fingerprint density at radius 3 is 2.21 bits per heavy atom. The van der Waals surface area contributed by atoms with E-state index in [1.165, 1.54) is 6.21 Å². The number of methoxy groups -OCH3 is 1. The summed E-state index contributed by atoms with van der Waals surface area (Å²) in [7, 11) is 1.55. The number of carbonyl (C=O) groups is 2. The summed E-state index contributed by atoms with van der Waals surface area (Å²) >= 11 is 0. The molecule has 0 saturated carbocycles. The van der Waals surface area contributed by atoms with Gasteiger partial charge in [0.2, 0.25) is 0 Å². The van der Waals surface area contributed by atoms with Crippen molar-refractivity contribution in [2.75, 3.05) is 7.11 Å². The fraction of sp³-hybridized carbons (Fsp3) is 0.318. The zero-order chi connectivity index (χ0) is 21.6. The van der Waals surface area contributed by atoms with Crippen molar-refractivity contribution in [3.8, 4) is 11.5 Å². The van der Waals surface area contributed by atoms with Crippen LogP contribution in [-0.4, -0.2) is 36.3 Å². The number of nitrogens with one attached hydrogen (secondary N) is 2. The predicted octanol–water partition coefficient (Wildman–Crippen LogP) is 2.92. The largest absolute Gasteiger partial charge is 0.507 e. The highest BCUT2D eigenvalue weighted by molar-refractivity contribution is 5.97. The summed E-state index contributed by atoms with van der Waals surface area (Å²) in [4.78, 5) is 25.0. The van der Waals surface area contributed by atoms with Crippen LogP contribution in [0.2, 0.25) is 0 Å². The molecule has 7 heteroatoms. The molecule has 0 aliphatic rings. The highest BCUT2D eigenvalue weighted by atomic mass is 16.5. The molecule has 2 aromatic rings. The maximum Gasteiger partial charge on any atom is 0.262 e. The van der Waals surface area contributed by atoms with E-state index in [2.05, 4.69) is 15.8 Å². The molecule has 2 amide bonds. The second kappa shape index (κ2) is 9.73. The van der Waals surface area contributed by atoms with Crippen molar-refractivity contribution in [2.45, 2.75) is 33.7 Å². The monoisotopic (exact) mass is 397 g/mol. The van der Waals surface area contributed by atoms with E-state index in [1.54, 1.807) is 57.4 Å². The first kappa shape index (κ1) is 21.9. The van der Waals surface area contributed by atoms with Crippen molar-refractivity contribution in [3.05, 3.63) is 58.7 Å². The van der Waals surface area contributed by atoms with Crippen LogP contribution in [0.25, 0.3) is 0 Å². The number of benzene rings is 2. The van der Waals surface area contributed by atoms with Crippen molar-refractivity contribution in [2.24, 2.45) is 11.0 Å². The zero-order valence-corrected chi connectivity index (χ0v) is 17.3. The number of hydrogen-bond acceptors (Lipinski definition) is 5. The lowest BCUT2D eigenvalue weighted by Crippen LogP contribution is -2.48. The first-order valence-electron chi connectivity index (χ1n) is 9.31. The van der Waals surface area contributed by atoms with Gasteiger partial charge in [-0.1, -0.05) is 13.8 Å². The quantitative estimate of drug-likeness (QED) is 0.494. The molecule has 0 aromatic heterocycles. The summed E-state index contributed by atoms with van der Waals surface area (Å²) < 4.78 is 5.08. The number of aryl methyl sites for hydroxylation is 2. The molecule has 3 N–H and O–H groups in total. The van der Waals surface area contributed by atoms with Crippen LogP contribution in [0.4, 0.5) is 0 Å². The highest BCUT2D eigenvalue weighted by Crippen LogP contribution is 2.22. The Balaban J connectivity index is 2.04.